The number of methoxy groups -OCH3 is 1. The van der Waals surface area contributed by atoms with Crippen molar-refractivity contribution >= 4 is 34.6 Å². The molecule has 1 aromatic carbocycles. The highest BCUT2D eigenvalue weighted by Crippen LogP contribution is 2.30. The average molecular weight is 263 g/mol. The Hall–Kier alpha value is -0.800. The van der Waals surface area contributed by atoms with Crippen LogP contribution >= 0.6 is 23.2 Å². The zero-order valence-corrected chi connectivity index (χ0v) is 10.8. The maximum absolute atomic E-state index is 5.76. The molecule has 0 saturated heterocycles. The van der Waals surface area contributed by atoms with Gasteiger partial charge in [0.2, 0.25) is 0 Å². The summed E-state index contributed by atoms with van der Waals surface area (Å²) in [4.78, 5) is 2.08. The van der Waals surface area contributed by atoms with E-state index in [9.17, 15) is 0 Å². The molecule has 0 radical (unpaired) electrons. The second kappa shape index (κ2) is 6.71. The topological polar surface area (TPSA) is 38.5 Å². The van der Waals surface area contributed by atoms with Crippen molar-refractivity contribution in [3.8, 4) is 5.75 Å². The van der Waals surface area contributed by atoms with Crippen LogP contribution in [0, 0.1) is 0 Å². The molecule has 0 atom stereocenters. The van der Waals surface area contributed by atoms with E-state index in [1.54, 1.807) is 13.2 Å². The number of nitrogens with zero attached hydrogens (tertiary/aromatic N) is 1. The fourth-order valence-electron chi connectivity index (χ4n) is 1.51. The molecular formula is C11H16Cl2N2O. The lowest BCUT2D eigenvalue weighted by molar-refractivity contribution is 0.415. The predicted octanol–water partition coefficient (Wildman–Crippen LogP) is 2.56. The summed E-state index contributed by atoms with van der Waals surface area (Å²) < 4.78 is 5.29. The second-order valence-electron chi connectivity index (χ2n) is 3.30. The molecule has 0 aliphatic rings. The lowest BCUT2D eigenvalue weighted by atomic mass is 10.2. The molecule has 1 rings (SSSR count). The molecule has 0 bridgehead atoms. The van der Waals surface area contributed by atoms with Gasteiger partial charge in [-0.25, -0.2) is 0 Å². The van der Waals surface area contributed by atoms with Gasteiger partial charge in [0, 0.05) is 36.6 Å². The van der Waals surface area contributed by atoms with E-state index >= 15 is 0 Å². The summed E-state index contributed by atoms with van der Waals surface area (Å²) in [5, 5.41) is 0. The van der Waals surface area contributed by atoms with Crippen molar-refractivity contribution in [1.82, 2.24) is 0 Å². The first-order valence-electron chi connectivity index (χ1n) is 5.03. The van der Waals surface area contributed by atoms with Crippen LogP contribution in [-0.4, -0.2) is 32.0 Å². The normalized spacial score (nSPS) is 10.2. The minimum atomic E-state index is 0.546. The summed E-state index contributed by atoms with van der Waals surface area (Å²) in [5.41, 5.74) is 7.35. The summed E-state index contributed by atoms with van der Waals surface area (Å²) >= 11 is 11.5. The lowest BCUT2D eigenvalue weighted by Gasteiger charge is -2.24. The molecule has 2 N–H and O–H groups in total. The molecule has 5 heteroatoms. The maximum Gasteiger partial charge on any atom is 0.144 e. The van der Waals surface area contributed by atoms with Crippen LogP contribution in [-0.2, 0) is 0 Å². The number of halogens is 2. The Morgan fingerprint density at radius 1 is 1.25 bits per heavy atom. The molecule has 0 fully saturated rings. The van der Waals surface area contributed by atoms with E-state index in [1.165, 1.54) is 0 Å². The monoisotopic (exact) mass is 262 g/mol. The van der Waals surface area contributed by atoms with Gasteiger partial charge in [-0.05, 0) is 12.1 Å². The molecule has 0 unspecified atom stereocenters. The minimum absolute atomic E-state index is 0.546. The van der Waals surface area contributed by atoms with Crippen LogP contribution in [0.3, 0.4) is 0 Å². The Kier molecular flexibility index (Phi) is 5.56. The van der Waals surface area contributed by atoms with E-state index < -0.39 is 0 Å². The van der Waals surface area contributed by atoms with Crippen LogP contribution < -0.4 is 15.4 Å². The first kappa shape index (κ1) is 13.3. The number of anilines is 2. The summed E-state index contributed by atoms with van der Waals surface area (Å²) in [7, 11) is 1.62. The Labute approximate surface area is 106 Å². The molecule has 0 aromatic heterocycles. The fourth-order valence-corrected chi connectivity index (χ4v) is 1.92. The lowest BCUT2D eigenvalue weighted by Crippen LogP contribution is -2.28. The van der Waals surface area contributed by atoms with Crippen molar-refractivity contribution in [1.29, 1.82) is 0 Å². The van der Waals surface area contributed by atoms with Gasteiger partial charge in [0.25, 0.3) is 0 Å². The summed E-state index contributed by atoms with van der Waals surface area (Å²) in [6.07, 6.45) is 0. The Morgan fingerprint density at radius 3 is 2.38 bits per heavy atom. The van der Waals surface area contributed by atoms with Gasteiger partial charge in [0.1, 0.15) is 5.75 Å². The molecule has 90 valence electrons. The highest BCUT2D eigenvalue weighted by Gasteiger charge is 2.11. The number of nitrogens with two attached hydrogens (primary N) is 1. The standard InChI is InChI=1S/C11H16Cl2N2O/c1-16-11-8-9(14)2-3-10(11)15(6-4-12)7-5-13/h2-3,8H,4-7,14H2,1H3. The van der Waals surface area contributed by atoms with E-state index in [0.717, 1.165) is 24.5 Å². The predicted molar refractivity (Wildman–Crippen MR) is 71.1 cm³/mol. The van der Waals surface area contributed by atoms with Gasteiger partial charge in [0.15, 0.2) is 0 Å². The smallest absolute Gasteiger partial charge is 0.144 e. The zero-order chi connectivity index (χ0) is 12.0. The second-order valence-corrected chi connectivity index (χ2v) is 4.05. The van der Waals surface area contributed by atoms with Crippen LogP contribution in [0.5, 0.6) is 5.75 Å². The number of hydrogen-bond donors (Lipinski definition) is 1. The maximum atomic E-state index is 5.76. The van der Waals surface area contributed by atoms with Crippen LogP contribution in [0.1, 0.15) is 0 Å². The largest absolute Gasteiger partial charge is 0.495 e. The van der Waals surface area contributed by atoms with Gasteiger partial charge in [0.05, 0.1) is 12.8 Å². The highest BCUT2D eigenvalue weighted by molar-refractivity contribution is 6.18. The molecule has 0 heterocycles. The third-order valence-electron chi connectivity index (χ3n) is 2.25. The van der Waals surface area contributed by atoms with Crippen molar-refractivity contribution in [2.45, 2.75) is 0 Å². The molecule has 3 nitrogen and oxygen atoms in total. The van der Waals surface area contributed by atoms with Crippen LogP contribution in [0.25, 0.3) is 0 Å². The highest BCUT2D eigenvalue weighted by atomic mass is 35.5. The van der Waals surface area contributed by atoms with Crippen molar-refractivity contribution < 1.29 is 4.74 Å². The van der Waals surface area contributed by atoms with Crippen LogP contribution in [0.4, 0.5) is 11.4 Å². The molecule has 1 aromatic rings. The quantitative estimate of drug-likeness (QED) is 0.633. The average Bonchev–Trinajstić information content (AvgIpc) is 2.28. The van der Waals surface area contributed by atoms with Gasteiger partial charge in [-0.1, -0.05) is 0 Å². The third kappa shape index (κ3) is 3.35. The van der Waals surface area contributed by atoms with E-state index in [0.29, 0.717) is 17.4 Å². The van der Waals surface area contributed by atoms with E-state index in [4.69, 9.17) is 33.7 Å². The molecule has 16 heavy (non-hydrogen) atoms. The van der Waals surface area contributed by atoms with Gasteiger partial charge in [-0.2, -0.15) is 0 Å². The van der Waals surface area contributed by atoms with Crippen LogP contribution in [0.15, 0.2) is 18.2 Å². The van der Waals surface area contributed by atoms with Crippen molar-refractivity contribution in [2.24, 2.45) is 0 Å². The number of ether oxygens (including phenoxy) is 1. The van der Waals surface area contributed by atoms with E-state index in [2.05, 4.69) is 4.90 Å². The molecule has 0 aliphatic carbocycles. The number of rotatable bonds is 6. The first-order chi connectivity index (χ1) is 7.72. The van der Waals surface area contributed by atoms with Crippen molar-refractivity contribution in [3.05, 3.63) is 18.2 Å². The van der Waals surface area contributed by atoms with Gasteiger partial charge in [-0.15, -0.1) is 23.2 Å². The summed E-state index contributed by atoms with van der Waals surface area (Å²) in [5.74, 6) is 1.84. The van der Waals surface area contributed by atoms with Gasteiger partial charge >= 0.3 is 0 Å². The van der Waals surface area contributed by atoms with Crippen LogP contribution in [0.2, 0.25) is 0 Å². The summed E-state index contributed by atoms with van der Waals surface area (Å²) in [6.45, 7) is 1.46. The minimum Gasteiger partial charge on any atom is -0.495 e. The van der Waals surface area contributed by atoms with Crippen molar-refractivity contribution in [3.63, 3.8) is 0 Å². The van der Waals surface area contributed by atoms with Crippen molar-refractivity contribution in [2.75, 3.05) is 42.6 Å². The van der Waals surface area contributed by atoms with Gasteiger partial charge in [-0.3, -0.25) is 0 Å². The SMILES string of the molecule is COc1cc(N)ccc1N(CCCl)CCCl. The molecular weight excluding hydrogens is 247 g/mol. The number of alkyl halides is 2. The molecule has 0 spiro atoms. The van der Waals surface area contributed by atoms with E-state index in [1.807, 2.05) is 12.1 Å². The zero-order valence-electron chi connectivity index (χ0n) is 9.25. The molecule has 0 amide bonds. The molecule has 0 aliphatic heterocycles. The van der Waals surface area contributed by atoms with E-state index in [-0.39, 0.29) is 0 Å². The fraction of sp³-hybridized carbons (Fsp3) is 0.455. The molecule has 0 saturated carbocycles. The summed E-state index contributed by atoms with van der Waals surface area (Å²) in [6, 6.07) is 5.56. The number of benzene rings is 1. The Morgan fingerprint density at radius 2 is 1.88 bits per heavy atom. The number of hydrogen-bond acceptors (Lipinski definition) is 3. The third-order valence-corrected chi connectivity index (χ3v) is 2.59. The first-order valence-corrected chi connectivity index (χ1v) is 6.10. The van der Waals surface area contributed by atoms with Gasteiger partial charge < -0.3 is 15.4 Å². The Bertz CT molecular complexity index is 328. The Balaban J connectivity index is 2.97. The number of nitrogen functional groups attached to an aromatic ring is 1.